The quantitative estimate of drug-likeness (QED) is 0.494. The molecule has 11 heavy (non-hydrogen) atoms. The summed E-state index contributed by atoms with van der Waals surface area (Å²) in [6, 6.07) is 0. The first-order valence-corrected chi connectivity index (χ1v) is 3.89. The Labute approximate surface area is 65.8 Å². The summed E-state index contributed by atoms with van der Waals surface area (Å²) in [5.41, 5.74) is 5.44. The molecule has 0 saturated carbocycles. The van der Waals surface area contributed by atoms with Crippen LogP contribution in [-0.2, 0) is 4.79 Å². The second kappa shape index (κ2) is 3.69. The number of aliphatic carboxylic acids is 1. The van der Waals surface area contributed by atoms with E-state index in [0.29, 0.717) is 13.1 Å². The van der Waals surface area contributed by atoms with Crippen molar-refractivity contribution in [3.63, 3.8) is 0 Å². The van der Waals surface area contributed by atoms with Gasteiger partial charge in [-0.05, 0) is 25.4 Å². The van der Waals surface area contributed by atoms with Gasteiger partial charge in [-0.15, -0.1) is 0 Å². The first kappa shape index (κ1) is 8.49. The lowest BCUT2D eigenvalue weighted by Gasteiger charge is -2.27. The highest BCUT2D eigenvalue weighted by Gasteiger charge is 2.29. The van der Waals surface area contributed by atoms with E-state index in [1.165, 1.54) is 0 Å². The number of carboxylic acids is 1. The summed E-state index contributed by atoms with van der Waals surface area (Å²) in [6.07, 6.45) is 0.882. The molecule has 1 heterocycles. The van der Waals surface area contributed by atoms with Crippen molar-refractivity contribution in [2.75, 3.05) is 19.6 Å². The van der Waals surface area contributed by atoms with Crippen LogP contribution < -0.4 is 11.1 Å². The molecular weight excluding hydrogens is 144 g/mol. The summed E-state index contributed by atoms with van der Waals surface area (Å²) in [5, 5.41) is 11.8. The standard InChI is InChI=1S/C7H14N2O2/c8-3-5-1-2-9-4-6(5)7(10)11/h5-6,9H,1-4,8H2,(H,10,11)/t5-,6+/m0/s1. The van der Waals surface area contributed by atoms with Gasteiger partial charge in [0.15, 0.2) is 0 Å². The van der Waals surface area contributed by atoms with E-state index >= 15 is 0 Å². The van der Waals surface area contributed by atoms with Crippen LogP contribution in [0.4, 0.5) is 0 Å². The maximum Gasteiger partial charge on any atom is 0.308 e. The van der Waals surface area contributed by atoms with Gasteiger partial charge >= 0.3 is 5.97 Å². The van der Waals surface area contributed by atoms with Crippen molar-refractivity contribution in [1.82, 2.24) is 5.32 Å². The predicted molar refractivity (Wildman–Crippen MR) is 41.2 cm³/mol. The molecule has 64 valence electrons. The molecule has 0 aromatic carbocycles. The fraction of sp³-hybridized carbons (Fsp3) is 0.857. The zero-order valence-electron chi connectivity index (χ0n) is 6.42. The van der Waals surface area contributed by atoms with Gasteiger partial charge in [-0.3, -0.25) is 4.79 Å². The Balaban J connectivity index is 2.51. The molecule has 0 aromatic rings. The lowest BCUT2D eigenvalue weighted by Crippen LogP contribution is -2.43. The van der Waals surface area contributed by atoms with Gasteiger partial charge in [0.2, 0.25) is 0 Å². The molecule has 1 aliphatic heterocycles. The zero-order valence-corrected chi connectivity index (χ0v) is 6.42. The van der Waals surface area contributed by atoms with Crippen LogP contribution in [0.2, 0.25) is 0 Å². The maximum atomic E-state index is 10.6. The minimum atomic E-state index is -0.729. The molecule has 1 fully saturated rings. The molecule has 1 rings (SSSR count). The van der Waals surface area contributed by atoms with Crippen LogP contribution in [0.25, 0.3) is 0 Å². The molecule has 0 unspecified atom stereocenters. The molecular formula is C7H14N2O2. The van der Waals surface area contributed by atoms with Crippen molar-refractivity contribution in [2.45, 2.75) is 6.42 Å². The maximum absolute atomic E-state index is 10.6. The van der Waals surface area contributed by atoms with Crippen molar-refractivity contribution in [2.24, 2.45) is 17.6 Å². The monoisotopic (exact) mass is 158 g/mol. The van der Waals surface area contributed by atoms with E-state index in [-0.39, 0.29) is 11.8 Å². The third kappa shape index (κ3) is 1.91. The summed E-state index contributed by atoms with van der Waals surface area (Å²) < 4.78 is 0. The largest absolute Gasteiger partial charge is 0.481 e. The van der Waals surface area contributed by atoms with Crippen LogP contribution in [0.3, 0.4) is 0 Å². The van der Waals surface area contributed by atoms with Gasteiger partial charge in [0.05, 0.1) is 5.92 Å². The first-order chi connectivity index (χ1) is 5.25. The number of piperidine rings is 1. The average molecular weight is 158 g/mol. The van der Waals surface area contributed by atoms with Crippen LogP contribution >= 0.6 is 0 Å². The molecule has 0 aliphatic carbocycles. The molecule has 1 saturated heterocycles. The molecule has 4 heteroatoms. The van der Waals surface area contributed by atoms with E-state index in [9.17, 15) is 4.79 Å². The van der Waals surface area contributed by atoms with E-state index in [1.807, 2.05) is 0 Å². The fourth-order valence-electron chi connectivity index (χ4n) is 1.48. The second-order valence-electron chi connectivity index (χ2n) is 2.93. The Morgan fingerprint density at radius 1 is 1.73 bits per heavy atom. The minimum Gasteiger partial charge on any atom is -0.481 e. The Kier molecular flexibility index (Phi) is 2.84. The SMILES string of the molecule is NC[C@@H]1CCNC[C@H]1C(=O)O. The lowest BCUT2D eigenvalue weighted by atomic mass is 9.87. The van der Waals surface area contributed by atoms with E-state index < -0.39 is 5.97 Å². The van der Waals surface area contributed by atoms with Crippen LogP contribution in [-0.4, -0.2) is 30.7 Å². The molecule has 1 aliphatic rings. The summed E-state index contributed by atoms with van der Waals surface area (Å²) in [6.45, 7) is 1.95. The number of hydrogen-bond acceptors (Lipinski definition) is 3. The highest BCUT2D eigenvalue weighted by atomic mass is 16.4. The van der Waals surface area contributed by atoms with Crippen molar-refractivity contribution in [3.05, 3.63) is 0 Å². The third-order valence-electron chi connectivity index (χ3n) is 2.25. The van der Waals surface area contributed by atoms with Gasteiger partial charge in [-0.25, -0.2) is 0 Å². The first-order valence-electron chi connectivity index (χ1n) is 3.89. The number of nitrogens with two attached hydrogens (primary N) is 1. The van der Waals surface area contributed by atoms with Gasteiger partial charge in [-0.2, -0.15) is 0 Å². The summed E-state index contributed by atoms with van der Waals surface area (Å²) >= 11 is 0. The average Bonchev–Trinajstić information content (AvgIpc) is 2.04. The van der Waals surface area contributed by atoms with Crippen molar-refractivity contribution < 1.29 is 9.90 Å². The van der Waals surface area contributed by atoms with Crippen LogP contribution in [0.1, 0.15) is 6.42 Å². The molecule has 0 aromatic heterocycles. The zero-order chi connectivity index (χ0) is 8.27. The summed E-state index contributed by atoms with van der Waals surface area (Å²) in [5.74, 6) is -0.852. The van der Waals surface area contributed by atoms with E-state index in [0.717, 1.165) is 13.0 Å². The van der Waals surface area contributed by atoms with Crippen molar-refractivity contribution in [1.29, 1.82) is 0 Å². The van der Waals surface area contributed by atoms with Crippen LogP contribution in [0.15, 0.2) is 0 Å². The number of carboxylic acid groups (broad SMARTS) is 1. The highest BCUT2D eigenvalue weighted by Crippen LogP contribution is 2.17. The molecule has 4 N–H and O–H groups in total. The van der Waals surface area contributed by atoms with E-state index in [2.05, 4.69) is 5.32 Å². The fourth-order valence-corrected chi connectivity index (χ4v) is 1.48. The molecule has 0 amide bonds. The number of carbonyl (C=O) groups is 1. The minimum absolute atomic E-state index is 0.161. The molecule has 0 spiro atoms. The van der Waals surface area contributed by atoms with Gasteiger partial charge < -0.3 is 16.2 Å². The Morgan fingerprint density at radius 3 is 2.91 bits per heavy atom. The van der Waals surface area contributed by atoms with Gasteiger partial charge in [0.25, 0.3) is 0 Å². The van der Waals surface area contributed by atoms with Gasteiger partial charge in [-0.1, -0.05) is 0 Å². The second-order valence-corrected chi connectivity index (χ2v) is 2.93. The number of rotatable bonds is 2. The third-order valence-corrected chi connectivity index (χ3v) is 2.25. The number of nitrogens with one attached hydrogen (secondary N) is 1. The normalized spacial score (nSPS) is 31.7. The van der Waals surface area contributed by atoms with E-state index in [4.69, 9.17) is 10.8 Å². The van der Waals surface area contributed by atoms with E-state index in [1.54, 1.807) is 0 Å². The molecule has 0 radical (unpaired) electrons. The van der Waals surface area contributed by atoms with Gasteiger partial charge in [0.1, 0.15) is 0 Å². The Hall–Kier alpha value is -0.610. The highest BCUT2D eigenvalue weighted by molar-refractivity contribution is 5.70. The smallest absolute Gasteiger partial charge is 0.308 e. The lowest BCUT2D eigenvalue weighted by molar-refractivity contribution is -0.144. The van der Waals surface area contributed by atoms with Crippen LogP contribution in [0, 0.1) is 11.8 Å². The van der Waals surface area contributed by atoms with Crippen LogP contribution in [0.5, 0.6) is 0 Å². The summed E-state index contributed by atoms with van der Waals surface area (Å²) in [7, 11) is 0. The Bertz CT molecular complexity index is 149. The molecule has 4 nitrogen and oxygen atoms in total. The van der Waals surface area contributed by atoms with Crippen molar-refractivity contribution >= 4 is 5.97 Å². The van der Waals surface area contributed by atoms with Gasteiger partial charge in [0, 0.05) is 6.54 Å². The number of hydrogen-bond donors (Lipinski definition) is 3. The topological polar surface area (TPSA) is 75.3 Å². The molecule has 0 bridgehead atoms. The predicted octanol–water partition coefficient (Wildman–Crippen LogP) is -0.745. The molecule has 2 atom stereocenters. The Morgan fingerprint density at radius 2 is 2.45 bits per heavy atom. The summed E-state index contributed by atoms with van der Waals surface area (Å²) in [4.78, 5) is 10.6. The van der Waals surface area contributed by atoms with Crippen molar-refractivity contribution in [3.8, 4) is 0 Å².